The molecule has 0 aliphatic carbocycles. The van der Waals surface area contributed by atoms with E-state index in [1.165, 1.54) is 37.9 Å². The Labute approximate surface area is 122 Å². The first-order valence-electron chi connectivity index (χ1n) is 7.96. The quantitative estimate of drug-likeness (QED) is 0.917. The zero-order chi connectivity index (χ0) is 13.9. The molecule has 110 valence electrons. The summed E-state index contributed by atoms with van der Waals surface area (Å²) in [5.74, 6) is 1.06. The molecule has 3 rings (SSSR count). The molecule has 2 aliphatic rings. The van der Waals surface area contributed by atoms with Gasteiger partial charge in [0.1, 0.15) is 12.4 Å². The highest BCUT2D eigenvalue weighted by atomic mass is 16.5. The molecule has 2 unspecified atom stereocenters. The third kappa shape index (κ3) is 2.99. The first kappa shape index (κ1) is 13.9. The van der Waals surface area contributed by atoms with Crippen molar-refractivity contribution < 1.29 is 4.74 Å². The molecule has 1 aromatic carbocycles. The van der Waals surface area contributed by atoms with Crippen molar-refractivity contribution in [3.63, 3.8) is 0 Å². The summed E-state index contributed by atoms with van der Waals surface area (Å²) in [5, 5.41) is 3.82. The number of hydrogen-bond acceptors (Lipinski definition) is 3. The highest BCUT2D eigenvalue weighted by Crippen LogP contribution is 2.32. The van der Waals surface area contributed by atoms with E-state index in [9.17, 15) is 0 Å². The fourth-order valence-electron chi connectivity index (χ4n) is 3.39. The van der Waals surface area contributed by atoms with Gasteiger partial charge in [0.15, 0.2) is 0 Å². The number of likely N-dealkylation sites (tertiary alicyclic amines) is 1. The van der Waals surface area contributed by atoms with Gasteiger partial charge in [0, 0.05) is 17.6 Å². The van der Waals surface area contributed by atoms with Crippen LogP contribution in [0, 0.1) is 0 Å². The Morgan fingerprint density at radius 1 is 1.20 bits per heavy atom. The third-order valence-electron chi connectivity index (χ3n) is 4.63. The van der Waals surface area contributed by atoms with Crippen molar-refractivity contribution in [3.8, 4) is 5.75 Å². The van der Waals surface area contributed by atoms with Gasteiger partial charge < -0.3 is 15.0 Å². The van der Waals surface area contributed by atoms with E-state index in [4.69, 9.17) is 4.74 Å². The van der Waals surface area contributed by atoms with Crippen LogP contribution >= 0.6 is 0 Å². The van der Waals surface area contributed by atoms with Crippen molar-refractivity contribution in [2.24, 2.45) is 0 Å². The van der Waals surface area contributed by atoms with Crippen molar-refractivity contribution >= 4 is 0 Å². The number of rotatable bonds is 3. The molecular formula is C17H26N2O. The van der Waals surface area contributed by atoms with Gasteiger partial charge in [-0.2, -0.15) is 0 Å². The van der Waals surface area contributed by atoms with Crippen LogP contribution in [0.15, 0.2) is 24.3 Å². The lowest BCUT2D eigenvalue weighted by atomic mass is 10.0. The van der Waals surface area contributed by atoms with Crippen LogP contribution in [0.2, 0.25) is 0 Å². The molecule has 0 saturated carbocycles. The van der Waals surface area contributed by atoms with Gasteiger partial charge >= 0.3 is 0 Å². The Bertz CT molecular complexity index is 446. The molecule has 1 aromatic rings. The Morgan fingerprint density at radius 3 is 2.90 bits per heavy atom. The molecule has 1 saturated heterocycles. The van der Waals surface area contributed by atoms with Crippen LogP contribution in [0.4, 0.5) is 0 Å². The molecule has 0 amide bonds. The summed E-state index contributed by atoms with van der Waals surface area (Å²) >= 11 is 0. The normalized spacial score (nSPS) is 27.1. The van der Waals surface area contributed by atoms with Crippen LogP contribution in [-0.2, 0) is 0 Å². The van der Waals surface area contributed by atoms with Crippen LogP contribution in [0.25, 0.3) is 0 Å². The Kier molecular flexibility index (Phi) is 4.27. The molecule has 2 heterocycles. The maximum atomic E-state index is 5.77. The smallest absolute Gasteiger partial charge is 0.124 e. The number of nitrogens with zero attached hydrogens (tertiary/aromatic N) is 1. The molecule has 1 N–H and O–H groups in total. The first-order valence-corrected chi connectivity index (χ1v) is 7.96. The minimum atomic E-state index is 0.377. The predicted molar refractivity (Wildman–Crippen MR) is 82.2 cm³/mol. The molecule has 0 spiro atoms. The molecule has 0 bridgehead atoms. The SMILES string of the molecule is CC(C)N1CCCC(NC2COc3ccccc32)CC1. The summed E-state index contributed by atoms with van der Waals surface area (Å²) in [5.41, 5.74) is 1.33. The van der Waals surface area contributed by atoms with Gasteiger partial charge in [0.25, 0.3) is 0 Å². The van der Waals surface area contributed by atoms with Crippen LogP contribution in [0.1, 0.15) is 44.7 Å². The average molecular weight is 274 g/mol. The molecule has 3 nitrogen and oxygen atoms in total. The van der Waals surface area contributed by atoms with Gasteiger partial charge in [-0.05, 0) is 52.3 Å². The van der Waals surface area contributed by atoms with Gasteiger partial charge in [0.05, 0.1) is 6.04 Å². The fraction of sp³-hybridized carbons (Fsp3) is 0.647. The summed E-state index contributed by atoms with van der Waals surface area (Å²) in [6.45, 7) is 7.84. The highest BCUT2D eigenvalue weighted by Gasteiger charge is 2.27. The molecule has 0 radical (unpaired) electrons. The summed E-state index contributed by atoms with van der Waals surface area (Å²) in [4.78, 5) is 2.60. The minimum Gasteiger partial charge on any atom is -0.491 e. The second kappa shape index (κ2) is 6.15. The van der Waals surface area contributed by atoms with E-state index in [2.05, 4.69) is 42.3 Å². The number of ether oxygens (including phenoxy) is 1. The lowest BCUT2D eigenvalue weighted by Gasteiger charge is -2.25. The van der Waals surface area contributed by atoms with E-state index in [1.807, 2.05) is 6.07 Å². The van der Waals surface area contributed by atoms with Crippen LogP contribution in [0.5, 0.6) is 5.75 Å². The Hall–Kier alpha value is -1.06. The van der Waals surface area contributed by atoms with Gasteiger partial charge in [0.2, 0.25) is 0 Å². The van der Waals surface area contributed by atoms with E-state index < -0.39 is 0 Å². The third-order valence-corrected chi connectivity index (χ3v) is 4.63. The zero-order valence-electron chi connectivity index (χ0n) is 12.6. The van der Waals surface area contributed by atoms with E-state index in [1.54, 1.807) is 0 Å². The van der Waals surface area contributed by atoms with Crippen LogP contribution < -0.4 is 10.1 Å². The zero-order valence-corrected chi connectivity index (χ0v) is 12.6. The Morgan fingerprint density at radius 2 is 2.05 bits per heavy atom. The van der Waals surface area contributed by atoms with E-state index >= 15 is 0 Å². The highest BCUT2D eigenvalue weighted by molar-refractivity contribution is 5.39. The summed E-state index contributed by atoms with van der Waals surface area (Å²) in [7, 11) is 0. The number of fused-ring (bicyclic) bond motifs is 1. The Balaban J connectivity index is 1.59. The maximum Gasteiger partial charge on any atom is 0.124 e. The second-order valence-corrected chi connectivity index (χ2v) is 6.33. The van der Waals surface area contributed by atoms with Crippen LogP contribution in [0.3, 0.4) is 0 Å². The van der Waals surface area contributed by atoms with Crippen molar-refractivity contribution in [1.82, 2.24) is 10.2 Å². The predicted octanol–water partition coefficient (Wildman–Crippen LogP) is 2.97. The summed E-state index contributed by atoms with van der Waals surface area (Å²) in [6.07, 6.45) is 3.82. The van der Waals surface area contributed by atoms with E-state index in [0.29, 0.717) is 18.1 Å². The number of para-hydroxylation sites is 1. The molecular weight excluding hydrogens is 248 g/mol. The first-order chi connectivity index (χ1) is 9.74. The van der Waals surface area contributed by atoms with Crippen molar-refractivity contribution in [2.75, 3.05) is 19.7 Å². The topological polar surface area (TPSA) is 24.5 Å². The number of hydrogen-bond donors (Lipinski definition) is 1. The van der Waals surface area contributed by atoms with Gasteiger partial charge in [-0.1, -0.05) is 18.2 Å². The number of nitrogens with one attached hydrogen (secondary N) is 1. The van der Waals surface area contributed by atoms with Gasteiger partial charge in [-0.25, -0.2) is 0 Å². The lowest BCUT2D eigenvalue weighted by Crippen LogP contribution is -2.36. The maximum absolute atomic E-state index is 5.77. The molecule has 3 heteroatoms. The number of benzene rings is 1. The monoisotopic (exact) mass is 274 g/mol. The average Bonchev–Trinajstić information content (AvgIpc) is 2.69. The van der Waals surface area contributed by atoms with Crippen molar-refractivity contribution in [3.05, 3.63) is 29.8 Å². The van der Waals surface area contributed by atoms with Crippen LogP contribution in [-0.4, -0.2) is 36.7 Å². The molecule has 20 heavy (non-hydrogen) atoms. The van der Waals surface area contributed by atoms with E-state index in [-0.39, 0.29) is 0 Å². The van der Waals surface area contributed by atoms with Gasteiger partial charge in [-0.3, -0.25) is 0 Å². The van der Waals surface area contributed by atoms with E-state index in [0.717, 1.165) is 12.4 Å². The summed E-state index contributed by atoms with van der Waals surface area (Å²) < 4.78 is 5.77. The van der Waals surface area contributed by atoms with Crippen molar-refractivity contribution in [2.45, 2.75) is 51.2 Å². The molecule has 1 fully saturated rings. The molecule has 0 aromatic heterocycles. The van der Waals surface area contributed by atoms with Gasteiger partial charge in [-0.15, -0.1) is 0 Å². The lowest BCUT2D eigenvalue weighted by molar-refractivity contribution is 0.227. The summed E-state index contributed by atoms with van der Waals surface area (Å²) in [6, 6.07) is 10.1. The largest absolute Gasteiger partial charge is 0.491 e. The second-order valence-electron chi connectivity index (χ2n) is 6.33. The van der Waals surface area contributed by atoms with Crippen molar-refractivity contribution in [1.29, 1.82) is 0 Å². The molecule has 2 aliphatic heterocycles. The minimum absolute atomic E-state index is 0.377. The molecule has 2 atom stereocenters. The fourth-order valence-corrected chi connectivity index (χ4v) is 3.39. The standard InChI is InChI=1S/C17H26N2O/c1-13(2)19-10-5-6-14(9-11-19)18-16-12-20-17-8-4-3-7-15(16)17/h3-4,7-8,13-14,16,18H,5-6,9-12H2,1-2H3.